The SMILES string of the molecule is O=C(C1CC(O)CN1)N1CCC(c2nccn2CC2CC2)CC1. The van der Waals surface area contributed by atoms with Gasteiger partial charge in [-0.1, -0.05) is 0 Å². The molecule has 3 fully saturated rings. The van der Waals surface area contributed by atoms with Gasteiger partial charge in [0.05, 0.1) is 12.1 Å². The number of hydrogen-bond donors (Lipinski definition) is 2. The van der Waals surface area contributed by atoms with Crippen LogP contribution in [0.25, 0.3) is 0 Å². The Labute approximate surface area is 136 Å². The van der Waals surface area contributed by atoms with Crippen LogP contribution in [0.4, 0.5) is 0 Å². The van der Waals surface area contributed by atoms with E-state index >= 15 is 0 Å². The Hall–Kier alpha value is -1.40. The van der Waals surface area contributed by atoms with Crippen molar-refractivity contribution in [1.29, 1.82) is 0 Å². The number of aromatic nitrogens is 2. The number of piperidine rings is 1. The van der Waals surface area contributed by atoms with Gasteiger partial charge in [0.2, 0.25) is 5.91 Å². The van der Waals surface area contributed by atoms with Crippen molar-refractivity contribution >= 4 is 5.91 Å². The summed E-state index contributed by atoms with van der Waals surface area (Å²) in [7, 11) is 0. The van der Waals surface area contributed by atoms with Gasteiger partial charge in [0.25, 0.3) is 0 Å². The fourth-order valence-corrected chi connectivity index (χ4v) is 3.90. The van der Waals surface area contributed by atoms with Gasteiger partial charge in [-0.25, -0.2) is 4.98 Å². The molecule has 4 rings (SSSR count). The first-order valence-electron chi connectivity index (χ1n) is 8.92. The highest BCUT2D eigenvalue weighted by Gasteiger charge is 2.34. The number of nitrogens with zero attached hydrogens (tertiary/aromatic N) is 3. The second-order valence-electron chi connectivity index (χ2n) is 7.33. The molecule has 1 aromatic heterocycles. The average molecular weight is 318 g/mol. The van der Waals surface area contributed by atoms with Crippen LogP contribution in [0.1, 0.15) is 43.8 Å². The van der Waals surface area contributed by atoms with Crippen LogP contribution < -0.4 is 5.32 Å². The van der Waals surface area contributed by atoms with Crippen LogP contribution in [0.5, 0.6) is 0 Å². The molecule has 2 atom stereocenters. The van der Waals surface area contributed by atoms with E-state index in [1.807, 2.05) is 11.1 Å². The summed E-state index contributed by atoms with van der Waals surface area (Å²) in [5, 5.41) is 12.7. The summed E-state index contributed by atoms with van der Waals surface area (Å²) in [6, 6.07) is -0.196. The number of carbonyl (C=O) groups is 1. The van der Waals surface area contributed by atoms with Crippen molar-refractivity contribution in [3.63, 3.8) is 0 Å². The molecule has 126 valence electrons. The van der Waals surface area contributed by atoms with Crippen LogP contribution in [0.15, 0.2) is 12.4 Å². The minimum Gasteiger partial charge on any atom is -0.392 e. The van der Waals surface area contributed by atoms with Crippen molar-refractivity contribution in [3.8, 4) is 0 Å². The number of hydrogen-bond acceptors (Lipinski definition) is 4. The van der Waals surface area contributed by atoms with Crippen LogP contribution in [0, 0.1) is 5.92 Å². The Morgan fingerprint density at radius 1 is 1.30 bits per heavy atom. The summed E-state index contributed by atoms with van der Waals surface area (Å²) in [6.07, 6.45) is 8.87. The normalized spacial score (nSPS) is 29.2. The molecule has 3 aliphatic rings. The van der Waals surface area contributed by atoms with E-state index in [0.717, 1.165) is 38.4 Å². The predicted molar refractivity (Wildman–Crippen MR) is 85.9 cm³/mol. The van der Waals surface area contributed by atoms with E-state index in [0.29, 0.717) is 18.9 Å². The number of carbonyl (C=O) groups excluding carboxylic acids is 1. The lowest BCUT2D eigenvalue weighted by molar-refractivity contribution is -0.134. The third-order valence-corrected chi connectivity index (χ3v) is 5.48. The smallest absolute Gasteiger partial charge is 0.239 e. The summed E-state index contributed by atoms with van der Waals surface area (Å²) in [4.78, 5) is 19.0. The summed E-state index contributed by atoms with van der Waals surface area (Å²) in [5.41, 5.74) is 0. The summed E-state index contributed by atoms with van der Waals surface area (Å²) in [6.45, 7) is 3.24. The lowest BCUT2D eigenvalue weighted by Gasteiger charge is -2.33. The van der Waals surface area contributed by atoms with E-state index in [4.69, 9.17) is 0 Å². The highest BCUT2D eigenvalue weighted by Crippen LogP contribution is 2.33. The minimum atomic E-state index is -0.378. The van der Waals surface area contributed by atoms with Crippen LogP contribution >= 0.6 is 0 Å². The molecule has 1 aromatic rings. The molecule has 2 aliphatic heterocycles. The van der Waals surface area contributed by atoms with E-state index < -0.39 is 0 Å². The van der Waals surface area contributed by atoms with Gasteiger partial charge in [-0.15, -0.1) is 0 Å². The summed E-state index contributed by atoms with van der Waals surface area (Å²) >= 11 is 0. The van der Waals surface area contributed by atoms with Gasteiger partial charge in [-0.3, -0.25) is 4.79 Å². The molecule has 6 heteroatoms. The molecule has 0 aromatic carbocycles. The molecule has 6 nitrogen and oxygen atoms in total. The Morgan fingerprint density at radius 3 is 2.74 bits per heavy atom. The molecular weight excluding hydrogens is 292 g/mol. The lowest BCUT2D eigenvalue weighted by atomic mass is 9.95. The molecule has 0 spiro atoms. The van der Waals surface area contributed by atoms with Crippen molar-refractivity contribution in [2.45, 2.75) is 56.7 Å². The van der Waals surface area contributed by atoms with Crippen molar-refractivity contribution in [1.82, 2.24) is 19.8 Å². The maximum Gasteiger partial charge on any atom is 0.239 e. The van der Waals surface area contributed by atoms with Gasteiger partial charge in [-0.05, 0) is 38.0 Å². The first kappa shape index (κ1) is 15.1. The van der Waals surface area contributed by atoms with Gasteiger partial charge in [0.1, 0.15) is 5.82 Å². The second-order valence-corrected chi connectivity index (χ2v) is 7.33. The molecule has 2 N–H and O–H groups in total. The molecule has 3 heterocycles. The van der Waals surface area contributed by atoms with E-state index in [-0.39, 0.29) is 18.1 Å². The third kappa shape index (κ3) is 3.28. The lowest BCUT2D eigenvalue weighted by Crippen LogP contribution is -2.46. The highest BCUT2D eigenvalue weighted by atomic mass is 16.3. The number of amides is 1. The largest absolute Gasteiger partial charge is 0.392 e. The quantitative estimate of drug-likeness (QED) is 0.858. The first-order valence-corrected chi connectivity index (χ1v) is 8.92. The minimum absolute atomic E-state index is 0.154. The number of nitrogens with one attached hydrogen (secondary N) is 1. The van der Waals surface area contributed by atoms with Crippen molar-refractivity contribution in [2.75, 3.05) is 19.6 Å². The fraction of sp³-hybridized carbons (Fsp3) is 0.765. The van der Waals surface area contributed by atoms with Crippen molar-refractivity contribution in [3.05, 3.63) is 18.2 Å². The van der Waals surface area contributed by atoms with Gasteiger partial charge in [0.15, 0.2) is 0 Å². The monoisotopic (exact) mass is 318 g/mol. The topological polar surface area (TPSA) is 70.4 Å². The number of aliphatic hydroxyl groups is 1. The third-order valence-electron chi connectivity index (χ3n) is 5.48. The van der Waals surface area contributed by atoms with Gasteiger partial charge in [0, 0.05) is 44.5 Å². The number of imidazole rings is 1. The molecule has 0 bridgehead atoms. The van der Waals surface area contributed by atoms with E-state index in [1.54, 1.807) is 0 Å². The molecule has 23 heavy (non-hydrogen) atoms. The Morgan fingerprint density at radius 2 is 2.09 bits per heavy atom. The second kappa shape index (κ2) is 6.24. The highest BCUT2D eigenvalue weighted by molar-refractivity contribution is 5.82. The van der Waals surface area contributed by atoms with Crippen LogP contribution in [0.3, 0.4) is 0 Å². The number of aliphatic hydroxyl groups excluding tert-OH is 1. The Balaban J connectivity index is 1.34. The summed E-state index contributed by atoms with van der Waals surface area (Å²) < 4.78 is 2.33. The number of rotatable bonds is 4. The molecular formula is C17H26N4O2. The average Bonchev–Trinajstić information content (AvgIpc) is 3.07. The molecule has 0 radical (unpaired) electrons. The van der Waals surface area contributed by atoms with Crippen molar-refractivity contribution < 1.29 is 9.90 Å². The van der Waals surface area contributed by atoms with E-state index in [1.165, 1.54) is 18.7 Å². The number of likely N-dealkylation sites (tertiary alicyclic amines) is 1. The molecule has 2 unspecified atom stereocenters. The zero-order valence-corrected chi connectivity index (χ0v) is 13.5. The zero-order chi connectivity index (χ0) is 15.8. The van der Waals surface area contributed by atoms with Gasteiger partial charge < -0.3 is 19.9 Å². The number of β-amino-alcohol motifs (C(OH)–C–C–N with tert-alkyl or cyclic N) is 1. The molecule has 2 saturated heterocycles. The van der Waals surface area contributed by atoms with Crippen LogP contribution in [0.2, 0.25) is 0 Å². The Kier molecular flexibility index (Phi) is 4.11. The van der Waals surface area contributed by atoms with Crippen molar-refractivity contribution in [2.24, 2.45) is 5.92 Å². The van der Waals surface area contributed by atoms with E-state index in [2.05, 4.69) is 21.1 Å². The molecule has 1 saturated carbocycles. The predicted octanol–water partition coefficient (Wildman–Crippen LogP) is 0.722. The maximum absolute atomic E-state index is 12.5. The first-order chi connectivity index (χ1) is 11.2. The fourth-order valence-electron chi connectivity index (χ4n) is 3.90. The van der Waals surface area contributed by atoms with E-state index in [9.17, 15) is 9.90 Å². The standard InChI is InChI=1S/C17H26N4O2/c22-14-9-15(19-10-14)17(23)20-6-3-13(4-7-20)16-18-5-8-21(16)11-12-1-2-12/h5,8,12-15,19,22H,1-4,6-7,9-11H2. The van der Waals surface area contributed by atoms with Crippen LogP contribution in [-0.2, 0) is 11.3 Å². The van der Waals surface area contributed by atoms with Gasteiger partial charge in [-0.2, -0.15) is 0 Å². The van der Waals surface area contributed by atoms with Gasteiger partial charge >= 0.3 is 0 Å². The van der Waals surface area contributed by atoms with Crippen LogP contribution in [-0.4, -0.2) is 57.2 Å². The molecule has 1 amide bonds. The maximum atomic E-state index is 12.5. The zero-order valence-electron chi connectivity index (χ0n) is 13.5. The Bertz CT molecular complexity index is 561. The summed E-state index contributed by atoms with van der Waals surface area (Å²) in [5.74, 6) is 2.68. The molecule has 1 aliphatic carbocycles.